The maximum atomic E-state index is 13.2. The van der Waals surface area contributed by atoms with Gasteiger partial charge in [-0.2, -0.15) is 0 Å². The first kappa shape index (κ1) is 21.6. The lowest BCUT2D eigenvalue weighted by molar-refractivity contribution is -0.139. The number of urea groups is 1. The SMILES string of the molecule is O=C(CN1C(=O)NC2(CCCCCC2)C1=O)N(CCc1ccccc1)Cc1cccs1. The van der Waals surface area contributed by atoms with E-state index < -0.39 is 11.6 Å². The van der Waals surface area contributed by atoms with E-state index >= 15 is 0 Å². The summed E-state index contributed by atoms with van der Waals surface area (Å²) in [5.41, 5.74) is 0.343. The van der Waals surface area contributed by atoms with Crippen LogP contribution in [-0.2, 0) is 22.6 Å². The average Bonchev–Trinajstić information content (AvgIpc) is 3.28. The van der Waals surface area contributed by atoms with E-state index in [2.05, 4.69) is 5.32 Å². The molecule has 1 aliphatic heterocycles. The van der Waals surface area contributed by atoms with Gasteiger partial charge in [0.05, 0.1) is 6.54 Å². The number of carbonyl (C=O) groups is 3. The Morgan fingerprint density at radius 1 is 1.03 bits per heavy atom. The Balaban J connectivity index is 1.45. The number of hydrogen-bond donors (Lipinski definition) is 1. The van der Waals surface area contributed by atoms with Gasteiger partial charge in [-0.1, -0.05) is 62.1 Å². The van der Waals surface area contributed by atoms with E-state index in [9.17, 15) is 14.4 Å². The van der Waals surface area contributed by atoms with Gasteiger partial charge in [0, 0.05) is 11.4 Å². The molecular formula is C24H29N3O3S. The van der Waals surface area contributed by atoms with Gasteiger partial charge in [0.25, 0.3) is 5.91 Å². The summed E-state index contributed by atoms with van der Waals surface area (Å²) in [5, 5.41) is 4.91. The molecular weight excluding hydrogens is 410 g/mol. The van der Waals surface area contributed by atoms with E-state index in [0.717, 1.165) is 47.4 Å². The van der Waals surface area contributed by atoms with E-state index in [1.165, 1.54) is 0 Å². The molecule has 31 heavy (non-hydrogen) atoms. The van der Waals surface area contributed by atoms with Crippen molar-refractivity contribution in [3.8, 4) is 0 Å². The van der Waals surface area contributed by atoms with Gasteiger partial charge in [0.1, 0.15) is 12.1 Å². The molecule has 1 saturated heterocycles. The molecule has 1 spiro atoms. The predicted molar refractivity (Wildman–Crippen MR) is 121 cm³/mol. The van der Waals surface area contributed by atoms with Crippen molar-refractivity contribution in [3.05, 3.63) is 58.3 Å². The molecule has 0 unspecified atom stereocenters. The van der Waals surface area contributed by atoms with E-state index in [1.807, 2.05) is 47.8 Å². The van der Waals surface area contributed by atoms with E-state index in [-0.39, 0.29) is 18.4 Å². The number of nitrogens with one attached hydrogen (secondary N) is 1. The summed E-state index contributed by atoms with van der Waals surface area (Å²) >= 11 is 1.60. The van der Waals surface area contributed by atoms with Gasteiger partial charge in [-0.15, -0.1) is 11.3 Å². The lowest BCUT2D eigenvalue weighted by Gasteiger charge is -2.26. The van der Waals surface area contributed by atoms with E-state index in [4.69, 9.17) is 0 Å². The van der Waals surface area contributed by atoms with E-state index in [1.54, 1.807) is 16.2 Å². The molecule has 4 amide bonds. The maximum absolute atomic E-state index is 13.2. The molecule has 2 aromatic rings. The Kier molecular flexibility index (Phi) is 6.70. The van der Waals surface area contributed by atoms with Crippen molar-refractivity contribution in [1.29, 1.82) is 0 Å². The fourth-order valence-electron chi connectivity index (χ4n) is 4.52. The first-order valence-electron chi connectivity index (χ1n) is 11.1. The average molecular weight is 440 g/mol. The molecule has 1 aromatic carbocycles. The third-order valence-electron chi connectivity index (χ3n) is 6.29. The second kappa shape index (κ2) is 9.64. The molecule has 7 heteroatoms. The molecule has 164 valence electrons. The fraction of sp³-hybridized carbons (Fsp3) is 0.458. The molecule has 6 nitrogen and oxygen atoms in total. The van der Waals surface area contributed by atoms with Gasteiger partial charge in [-0.3, -0.25) is 14.5 Å². The minimum Gasteiger partial charge on any atom is -0.336 e. The van der Waals surface area contributed by atoms with Gasteiger partial charge < -0.3 is 10.2 Å². The molecule has 1 aromatic heterocycles. The number of carbonyl (C=O) groups excluding carboxylic acids is 3. The van der Waals surface area contributed by atoms with Crippen molar-refractivity contribution in [1.82, 2.24) is 15.1 Å². The first-order valence-corrected chi connectivity index (χ1v) is 11.9. The van der Waals surface area contributed by atoms with Crippen molar-refractivity contribution >= 4 is 29.2 Å². The highest BCUT2D eigenvalue weighted by molar-refractivity contribution is 7.09. The maximum Gasteiger partial charge on any atom is 0.325 e. The highest BCUT2D eigenvalue weighted by Crippen LogP contribution is 2.32. The molecule has 1 N–H and O–H groups in total. The largest absolute Gasteiger partial charge is 0.336 e. The summed E-state index contributed by atoms with van der Waals surface area (Å²) in [6.45, 7) is 0.820. The third-order valence-corrected chi connectivity index (χ3v) is 7.15. The smallest absolute Gasteiger partial charge is 0.325 e. The summed E-state index contributed by atoms with van der Waals surface area (Å²) in [6.07, 6.45) is 6.06. The summed E-state index contributed by atoms with van der Waals surface area (Å²) < 4.78 is 0. The van der Waals surface area contributed by atoms with Crippen LogP contribution in [0.2, 0.25) is 0 Å². The Hall–Kier alpha value is -2.67. The predicted octanol–water partition coefficient (Wildman–Crippen LogP) is 3.96. The van der Waals surface area contributed by atoms with Gasteiger partial charge in [0.2, 0.25) is 5.91 Å². The molecule has 0 bridgehead atoms. The fourth-order valence-corrected chi connectivity index (χ4v) is 5.24. The summed E-state index contributed by atoms with van der Waals surface area (Å²) in [4.78, 5) is 43.0. The first-order chi connectivity index (χ1) is 15.1. The van der Waals surface area contributed by atoms with Crippen molar-refractivity contribution in [2.45, 2.75) is 57.0 Å². The van der Waals surface area contributed by atoms with Crippen LogP contribution < -0.4 is 5.32 Å². The number of hydrogen-bond acceptors (Lipinski definition) is 4. The normalized spacial score (nSPS) is 18.1. The zero-order valence-corrected chi connectivity index (χ0v) is 18.5. The lowest BCUT2D eigenvalue weighted by atomic mass is 9.90. The van der Waals surface area contributed by atoms with Gasteiger partial charge in [0.15, 0.2) is 0 Å². The van der Waals surface area contributed by atoms with Crippen LogP contribution in [0.3, 0.4) is 0 Å². The van der Waals surface area contributed by atoms with Crippen LogP contribution in [0.25, 0.3) is 0 Å². The summed E-state index contributed by atoms with van der Waals surface area (Å²) in [6, 6.07) is 13.6. The standard InChI is InChI=1S/C24H29N3O3S/c28-21(18-27-22(29)24(25-23(27)30)13-6-1-2-7-14-24)26(17-20-11-8-16-31-20)15-12-19-9-4-3-5-10-19/h3-5,8-11,16H,1-2,6-7,12-15,17-18H2,(H,25,30). The number of amides is 4. The van der Waals surface area contributed by atoms with Gasteiger partial charge in [-0.25, -0.2) is 4.79 Å². The summed E-state index contributed by atoms with van der Waals surface area (Å²) in [7, 11) is 0. The molecule has 0 atom stereocenters. The molecule has 0 radical (unpaired) electrons. The molecule has 1 aliphatic carbocycles. The van der Waals surface area contributed by atoms with Crippen LogP contribution in [0.15, 0.2) is 47.8 Å². The zero-order chi connectivity index (χ0) is 21.7. The minimum atomic E-state index is -0.809. The topological polar surface area (TPSA) is 69.7 Å². The number of benzene rings is 1. The Bertz CT molecular complexity index is 905. The molecule has 2 fully saturated rings. The molecule has 2 heterocycles. The summed E-state index contributed by atoms with van der Waals surface area (Å²) in [5.74, 6) is -0.426. The Labute approximate surface area is 187 Å². The zero-order valence-electron chi connectivity index (χ0n) is 17.7. The number of rotatable bonds is 7. The number of nitrogens with zero attached hydrogens (tertiary/aromatic N) is 2. The van der Waals surface area contributed by atoms with Crippen LogP contribution >= 0.6 is 11.3 Å². The van der Waals surface area contributed by atoms with Crippen LogP contribution in [-0.4, -0.2) is 46.3 Å². The number of imide groups is 1. The Morgan fingerprint density at radius 2 is 1.77 bits per heavy atom. The van der Waals surface area contributed by atoms with Gasteiger partial charge >= 0.3 is 6.03 Å². The van der Waals surface area contributed by atoms with Crippen LogP contribution in [0, 0.1) is 0 Å². The highest BCUT2D eigenvalue weighted by atomic mass is 32.1. The second-order valence-corrected chi connectivity index (χ2v) is 9.48. The Morgan fingerprint density at radius 3 is 2.45 bits per heavy atom. The van der Waals surface area contributed by atoms with Crippen molar-refractivity contribution in [2.75, 3.05) is 13.1 Å². The molecule has 4 rings (SSSR count). The quantitative estimate of drug-likeness (QED) is 0.664. The number of thiophene rings is 1. The van der Waals surface area contributed by atoms with Crippen LogP contribution in [0.4, 0.5) is 4.79 Å². The monoisotopic (exact) mass is 439 g/mol. The lowest BCUT2D eigenvalue weighted by Crippen LogP contribution is -2.47. The van der Waals surface area contributed by atoms with Gasteiger partial charge in [-0.05, 0) is 36.3 Å². The van der Waals surface area contributed by atoms with Crippen LogP contribution in [0.5, 0.6) is 0 Å². The molecule has 1 saturated carbocycles. The second-order valence-electron chi connectivity index (χ2n) is 8.45. The van der Waals surface area contributed by atoms with Crippen LogP contribution in [0.1, 0.15) is 49.0 Å². The highest BCUT2D eigenvalue weighted by Gasteiger charge is 2.51. The van der Waals surface area contributed by atoms with Crippen molar-refractivity contribution in [3.63, 3.8) is 0 Å². The molecule has 2 aliphatic rings. The van der Waals surface area contributed by atoms with E-state index in [0.29, 0.717) is 25.9 Å². The third kappa shape index (κ3) is 4.98. The van der Waals surface area contributed by atoms with Crippen molar-refractivity contribution < 1.29 is 14.4 Å². The van der Waals surface area contributed by atoms with Crippen molar-refractivity contribution in [2.24, 2.45) is 0 Å². The minimum absolute atomic E-state index is 0.196.